The van der Waals surface area contributed by atoms with Crippen LogP contribution in [-0.4, -0.2) is 28.9 Å². The van der Waals surface area contributed by atoms with Crippen molar-refractivity contribution >= 4 is 23.3 Å². The number of halogens is 1. The van der Waals surface area contributed by atoms with E-state index < -0.39 is 5.97 Å². The number of hydrogen-bond donors (Lipinski definition) is 2. The molecule has 0 fully saturated rings. The van der Waals surface area contributed by atoms with E-state index in [9.17, 15) is 19.1 Å². The molecule has 35 heavy (non-hydrogen) atoms. The maximum absolute atomic E-state index is 14.5. The zero-order valence-electron chi connectivity index (χ0n) is 20.4. The van der Waals surface area contributed by atoms with Gasteiger partial charge in [0.2, 0.25) is 5.91 Å². The number of anilines is 2. The number of nitrogens with one attached hydrogen (secondary N) is 1. The van der Waals surface area contributed by atoms with Crippen LogP contribution in [0.15, 0.2) is 66.7 Å². The fraction of sp³-hybridized carbons (Fsp3) is 0.310. The Hall–Kier alpha value is -3.67. The zero-order chi connectivity index (χ0) is 25.2. The van der Waals surface area contributed by atoms with Crippen molar-refractivity contribution in [1.29, 1.82) is 0 Å². The molecular formula is C29H33FN2O3. The molecule has 3 rings (SSSR count). The number of carbonyl (C=O) groups is 2. The lowest BCUT2D eigenvalue weighted by atomic mass is 10.0. The van der Waals surface area contributed by atoms with Crippen LogP contribution < -0.4 is 5.32 Å². The van der Waals surface area contributed by atoms with E-state index in [1.165, 1.54) is 18.9 Å². The van der Waals surface area contributed by atoms with Gasteiger partial charge in [-0.2, -0.15) is 0 Å². The van der Waals surface area contributed by atoms with Crippen molar-refractivity contribution in [1.82, 2.24) is 4.90 Å². The van der Waals surface area contributed by atoms with Gasteiger partial charge in [0.15, 0.2) is 0 Å². The van der Waals surface area contributed by atoms with E-state index in [4.69, 9.17) is 0 Å². The summed E-state index contributed by atoms with van der Waals surface area (Å²) in [6.45, 7) is 2.38. The SMILES string of the molecule is CCCCCCCC(=O)N(C)Cc1cc(-c2ccc(Nc3ccccc3C(=O)O)cc2)ccc1F. The second-order valence-electron chi connectivity index (χ2n) is 8.77. The number of unbranched alkanes of at least 4 members (excludes halogenated alkanes) is 4. The number of rotatable bonds is 12. The third-order valence-electron chi connectivity index (χ3n) is 6.03. The highest BCUT2D eigenvalue weighted by Crippen LogP contribution is 2.27. The van der Waals surface area contributed by atoms with E-state index in [0.29, 0.717) is 17.7 Å². The van der Waals surface area contributed by atoms with E-state index in [1.54, 1.807) is 48.3 Å². The second kappa shape index (κ2) is 12.7. The molecule has 0 saturated heterocycles. The molecule has 5 nitrogen and oxygen atoms in total. The third kappa shape index (κ3) is 7.41. The standard InChI is InChI=1S/C29H33FN2O3/c1-3-4-5-6-7-12-28(33)32(2)20-23-19-22(15-18-26(23)30)21-13-16-24(17-14-21)31-27-11-9-8-10-25(27)29(34)35/h8-11,13-19,31H,3-7,12,20H2,1-2H3,(H,34,35). The van der Waals surface area contributed by atoms with Crippen LogP contribution in [0.4, 0.5) is 15.8 Å². The number of aromatic carboxylic acids is 1. The van der Waals surface area contributed by atoms with Gasteiger partial charge in [0.25, 0.3) is 0 Å². The number of benzene rings is 3. The first-order valence-electron chi connectivity index (χ1n) is 12.1. The minimum atomic E-state index is -0.997. The molecule has 0 aromatic heterocycles. The van der Waals surface area contributed by atoms with Crippen LogP contribution in [0.2, 0.25) is 0 Å². The molecule has 1 amide bonds. The number of para-hydroxylation sites is 1. The second-order valence-corrected chi connectivity index (χ2v) is 8.77. The Balaban J connectivity index is 1.66. The van der Waals surface area contributed by atoms with E-state index in [-0.39, 0.29) is 23.8 Å². The van der Waals surface area contributed by atoms with E-state index in [0.717, 1.165) is 36.1 Å². The Labute approximate surface area is 206 Å². The quantitative estimate of drug-likeness (QED) is 0.270. The van der Waals surface area contributed by atoms with Gasteiger partial charge in [-0.1, -0.05) is 62.9 Å². The molecule has 0 aliphatic heterocycles. The van der Waals surface area contributed by atoms with Crippen LogP contribution in [0.25, 0.3) is 11.1 Å². The minimum Gasteiger partial charge on any atom is -0.478 e. The molecule has 0 unspecified atom stereocenters. The van der Waals surface area contributed by atoms with Gasteiger partial charge < -0.3 is 15.3 Å². The van der Waals surface area contributed by atoms with Crippen molar-refractivity contribution in [2.45, 2.75) is 52.0 Å². The third-order valence-corrected chi connectivity index (χ3v) is 6.03. The summed E-state index contributed by atoms with van der Waals surface area (Å²) in [5.74, 6) is -1.30. The number of carbonyl (C=O) groups excluding carboxylic acids is 1. The molecule has 0 aliphatic rings. The normalized spacial score (nSPS) is 10.7. The molecule has 3 aromatic carbocycles. The highest BCUT2D eigenvalue weighted by molar-refractivity contribution is 5.95. The van der Waals surface area contributed by atoms with E-state index in [1.807, 2.05) is 24.3 Å². The van der Waals surface area contributed by atoms with Gasteiger partial charge in [-0.05, 0) is 53.9 Å². The lowest BCUT2D eigenvalue weighted by molar-refractivity contribution is -0.130. The predicted octanol–water partition coefficient (Wildman–Crippen LogP) is 7.25. The summed E-state index contributed by atoms with van der Waals surface area (Å²) in [7, 11) is 1.72. The van der Waals surface area contributed by atoms with Crippen molar-refractivity contribution < 1.29 is 19.1 Å². The van der Waals surface area contributed by atoms with Crippen molar-refractivity contribution in [2.75, 3.05) is 12.4 Å². The molecule has 2 N–H and O–H groups in total. The Morgan fingerprint density at radius 1 is 0.914 bits per heavy atom. The first-order chi connectivity index (χ1) is 16.9. The Morgan fingerprint density at radius 2 is 1.60 bits per heavy atom. The molecule has 0 aliphatic carbocycles. The van der Waals surface area contributed by atoms with Crippen molar-refractivity contribution in [2.24, 2.45) is 0 Å². The smallest absolute Gasteiger partial charge is 0.337 e. The van der Waals surface area contributed by atoms with Crippen LogP contribution in [0.3, 0.4) is 0 Å². The number of carboxylic acid groups (broad SMARTS) is 1. The highest BCUT2D eigenvalue weighted by Gasteiger charge is 2.13. The lowest BCUT2D eigenvalue weighted by Gasteiger charge is -2.18. The van der Waals surface area contributed by atoms with Gasteiger partial charge in [0.05, 0.1) is 11.3 Å². The first-order valence-corrected chi connectivity index (χ1v) is 12.1. The van der Waals surface area contributed by atoms with Crippen molar-refractivity contribution in [3.63, 3.8) is 0 Å². The van der Waals surface area contributed by atoms with Crippen LogP contribution in [0.1, 0.15) is 61.4 Å². The Kier molecular flexibility index (Phi) is 9.41. The van der Waals surface area contributed by atoms with Gasteiger partial charge in [0, 0.05) is 31.3 Å². The summed E-state index contributed by atoms with van der Waals surface area (Å²) < 4.78 is 14.5. The van der Waals surface area contributed by atoms with Crippen molar-refractivity contribution in [3.05, 3.63) is 83.7 Å². The number of hydrogen-bond acceptors (Lipinski definition) is 3. The van der Waals surface area contributed by atoms with Crippen LogP contribution >= 0.6 is 0 Å². The van der Waals surface area contributed by atoms with Gasteiger partial charge in [-0.25, -0.2) is 9.18 Å². The topological polar surface area (TPSA) is 69.6 Å². The maximum Gasteiger partial charge on any atom is 0.337 e. The average Bonchev–Trinajstić information content (AvgIpc) is 2.86. The molecule has 0 bridgehead atoms. The van der Waals surface area contributed by atoms with Gasteiger partial charge in [0.1, 0.15) is 5.82 Å². The Morgan fingerprint density at radius 3 is 2.31 bits per heavy atom. The fourth-order valence-electron chi connectivity index (χ4n) is 3.97. The summed E-state index contributed by atoms with van der Waals surface area (Å²) in [5, 5.41) is 12.5. The summed E-state index contributed by atoms with van der Waals surface area (Å²) in [5.41, 5.74) is 3.66. The summed E-state index contributed by atoms with van der Waals surface area (Å²) >= 11 is 0. The lowest BCUT2D eigenvalue weighted by Crippen LogP contribution is -2.26. The van der Waals surface area contributed by atoms with E-state index in [2.05, 4.69) is 12.2 Å². The van der Waals surface area contributed by atoms with Gasteiger partial charge in [-0.15, -0.1) is 0 Å². The number of nitrogens with zero attached hydrogens (tertiary/aromatic N) is 1. The highest BCUT2D eigenvalue weighted by atomic mass is 19.1. The van der Waals surface area contributed by atoms with Crippen LogP contribution in [0, 0.1) is 5.82 Å². The summed E-state index contributed by atoms with van der Waals surface area (Å²) in [6.07, 6.45) is 5.90. The molecule has 3 aromatic rings. The average molecular weight is 477 g/mol. The molecule has 0 spiro atoms. The molecular weight excluding hydrogens is 443 g/mol. The fourth-order valence-corrected chi connectivity index (χ4v) is 3.97. The Bertz CT molecular complexity index is 1140. The van der Waals surface area contributed by atoms with Crippen LogP contribution in [-0.2, 0) is 11.3 Å². The molecule has 0 heterocycles. The number of amides is 1. The van der Waals surface area contributed by atoms with E-state index >= 15 is 0 Å². The molecule has 0 saturated carbocycles. The molecule has 6 heteroatoms. The monoisotopic (exact) mass is 476 g/mol. The molecule has 184 valence electrons. The number of carboxylic acids is 1. The van der Waals surface area contributed by atoms with Crippen molar-refractivity contribution in [3.8, 4) is 11.1 Å². The first kappa shape index (κ1) is 25.9. The van der Waals surface area contributed by atoms with Gasteiger partial charge in [-0.3, -0.25) is 4.79 Å². The summed E-state index contributed by atoms with van der Waals surface area (Å²) in [4.78, 5) is 25.5. The molecule has 0 radical (unpaired) electrons. The molecule has 0 atom stereocenters. The van der Waals surface area contributed by atoms with Gasteiger partial charge >= 0.3 is 5.97 Å². The largest absolute Gasteiger partial charge is 0.478 e. The van der Waals surface area contributed by atoms with Crippen LogP contribution in [0.5, 0.6) is 0 Å². The summed E-state index contributed by atoms with van der Waals surface area (Å²) in [6, 6.07) is 19.2. The predicted molar refractivity (Wildman–Crippen MR) is 138 cm³/mol. The maximum atomic E-state index is 14.5. The zero-order valence-corrected chi connectivity index (χ0v) is 20.4. The minimum absolute atomic E-state index is 0.0309.